The summed E-state index contributed by atoms with van der Waals surface area (Å²) < 4.78 is 11.3. The summed E-state index contributed by atoms with van der Waals surface area (Å²) in [7, 11) is 0. The zero-order chi connectivity index (χ0) is 15.4. The first-order valence-corrected chi connectivity index (χ1v) is 8.11. The molecule has 0 radical (unpaired) electrons. The molecule has 2 heterocycles. The fraction of sp³-hybridized carbons (Fsp3) is 0.588. The van der Waals surface area contributed by atoms with Crippen LogP contribution >= 0.6 is 0 Å². The van der Waals surface area contributed by atoms with E-state index in [1.54, 1.807) is 0 Å². The van der Waals surface area contributed by atoms with Crippen molar-refractivity contribution in [3.63, 3.8) is 0 Å². The van der Waals surface area contributed by atoms with Crippen molar-refractivity contribution in [3.8, 4) is 5.75 Å². The Hall–Kier alpha value is -1.75. The maximum atomic E-state index is 12.1. The summed E-state index contributed by atoms with van der Waals surface area (Å²) in [5, 5.41) is 3.31. The molecule has 5 nitrogen and oxygen atoms in total. The maximum absolute atomic E-state index is 12.1. The minimum absolute atomic E-state index is 0.187. The van der Waals surface area contributed by atoms with Gasteiger partial charge < -0.3 is 14.8 Å². The van der Waals surface area contributed by atoms with Crippen LogP contribution < -0.4 is 10.1 Å². The third-order valence-corrected chi connectivity index (χ3v) is 4.33. The number of hydrogen-bond donors (Lipinski definition) is 1. The maximum Gasteiger partial charge on any atom is 0.410 e. The molecule has 0 saturated carbocycles. The molecule has 1 aromatic carbocycles. The lowest BCUT2D eigenvalue weighted by Crippen LogP contribution is -2.44. The molecule has 2 aliphatic heterocycles. The normalized spacial score (nSPS) is 20.2. The lowest BCUT2D eigenvalue weighted by Gasteiger charge is -2.31. The Bertz CT molecular complexity index is 509. The molecule has 0 unspecified atom stereocenters. The second-order valence-electron chi connectivity index (χ2n) is 6.15. The number of hydrogen-bond acceptors (Lipinski definition) is 4. The van der Waals surface area contributed by atoms with Crippen LogP contribution in [0.1, 0.15) is 31.7 Å². The predicted octanol–water partition coefficient (Wildman–Crippen LogP) is 2.55. The summed E-state index contributed by atoms with van der Waals surface area (Å²) in [6.07, 6.45) is 2.62. The van der Waals surface area contributed by atoms with Crippen molar-refractivity contribution in [3.05, 3.63) is 29.8 Å². The van der Waals surface area contributed by atoms with E-state index in [2.05, 4.69) is 12.2 Å². The molecule has 2 fully saturated rings. The third-order valence-electron chi connectivity index (χ3n) is 4.33. The molecule has 0 bridgehead atoms. The summed E-state index contributed by atoms with van der Waals surface area (Å²) in [4.78, 5) is 13.9. The zero-order valence-corrected chi connectivity index (χ0v) is 13.1. The van der Waals surface area contributed by atoms with Crippen molar-refractivity contribution in [1.29, 1.82) is 0 Å². The van der Waals surface area contributed by atoms with E-state index in [0.717, 1.165) is 50.3 Å². The molecule has 1 spiro atoms. The van der Waals surface area contributed by atoms with Crippen LogP contribution in [0.25, 0.3) is 0 Å². The predicted molar refractivity (Wildman–Crippen MR) is 84.0 cm³/mol. The molecule has 2 saturated heterocycles. The van der Waals surface area contributed by atoms with Crippen LogP contribution in [0.5, 0.6) is 5.75 Å². The molecule has 2 aliphatic rings. The monoisotopic (exact) mass is 304 g/mol. The number of carbonyl (C=O) groups excluding carboxylic acids is 1. The summed E-state index contributed by atoms with van der Waals surface area (Å²) >= 11 is 0. The fourth-order valence-corrected chi connectivity index (χ4v) is 3.09. The number of benzene rings is 1. The molecular formula is C17H24N2O3. The van der Waals surface area contributed by atoms with E-state index in [-0.39, 0.29) is 11.7 Å². The summed E-state index contributed by atoms with van der Waals surface area (Å²) in [6.45, 7) is 5.96. The van der Waals surface area contributed by atoms with Crippen LogP contribution in [0.15, 0.2) is 24.3 Å². The van der Waals surface area contributed by atoms with Gasteiger partial charge in [0.25, 0.3) is 0 Å². The molecule has 22 heavy (non-hydrogen) atoms. The van der Waals surface area contributed by atoms with Gasteiger partial charge in [0, 0.05) is 19.4 Å². The topological polar surface area (TPSA) is 50.8 Å². The van der Waals surface area contributed by atoms with Crippen LogP contribution in [0.4, 0.5) is 4.79 Å². The van der Waals surface area contributed by atoms with E-state index in [4.69, 9.17) is 9.47 Å². The van der Waals surface area contributed by atoms with Crippen LogP contribution in [0.2, 0.25) is 0 Å². The summed E-state index contributed by atoms with van der Waals surface area (Å²) in [5.74, 6) is 0.879. The molecule has 120 valence electrons. The molecule has 0 aromatic heterocycles. The van der Waals surface area contributed by atoms with Gasteiger partial charge in [-0.2, -0.15) is 0 Å². The Morgan fingerprint density at radius 2 is 2.00 bits per heavy atom. The number of nitrogens with zero attached hydrogens (tertiary/aromatic N) is 1. The van der Waals surface area contributed by atoms with Gasteiger partial charge in [0.1, 0.15) is 11.4 Å². The van der Waals surface area contributed by atoms with Crippen molar-refractivity contribution >= 4 is 6.09 Å². The Balaban J connectivity index is 1.59. The SMILES string of the molecule is CCCOc1ccc(CN2CC3(CCNCC3)OC2=O)cc1. The molecule has 5 heteroatoms. The van der Waals surface area contributed by atoms with Crippen molar-refractivity contribution in [2.75, 3.05) is 26.2 Å². The second kappa shape index (κ2) is 6.57. The summed E-state index contributed by atoms with van der Waals surface area (Å²) in [5.41, 5.74) is 0.832. The first-order valence-electron chi connectivity index (χ1n) is 8.11. The van der Waals surface area contributed by atoms with Crippen LogP contribution in [0.3, 0.4) is 0 Å². The van der Waals surface area contributed by atoms with Gasteiger partial charge >= 0.3 is 6.09 Å². The van der Waals surface area contributed by atoms with E-state index >= 15 is 0 Å². The van der Waals surface area contributed by atoms with Crippen molar-refractivity contribution in [2.24, 2.45) is 0 Å². The highest BCUT2D eigenvalue weighted by molar-refractivity contribution is 5.70. The van der Waals surface area contributed by atoms with E-state index in [1.807, 2.05) is 29.2 Å². The van der Waals surface area contributed by atoms with Gasteiger partial charge in [-0.05, 0) is 37.2 Å². The Kier molecular flexibility index (Phi) is 4.52. The number of piperidine rings is 1. The van der Waals surface area contributed by atoms with E-state index in [9.17, 15) is 4.79 Å². The van der Waals surface area contributed by atoms with Gasteiger partial charge in [-0.15, -0.1) is 0 Å². The first kappa shape index (κ1) is 15.2. The molecule has 3 rings (SSSR count). The Morgan fingerprint density at radius 1 is 1.27 bits per heavy atom. The average molecular weight is 304 g/mol. The van der Waals surface area contributed by atoms with Crippen molar-refractivity contribution in [1.82, 2.24) is 10.2 Å². The minimum Gasteiger partial charge on any atom is -0.494 e. The molecule has 1 aromatic rings. The summed E-state index contributed by atoms with van der Waals surface area (Å²) in [6, 6.07) is 7.97. The molecule has 1 N–H and O–H groups in total. The number of amides is 1. The van der Waals surface area contributed by atoms with Gasteiger partial charge in [0.15, 0.2) is 0 Å². The zero-order valence-electron chi connectivity index (χ0n) is 13.1. The quantitative estimate of drug-likeness (QED) is 0.908. The van der Waals surface area contributed by atoms with Crippen LogP contribution in [-0.2, 0) is 11.3 Å². The van der Waals surface area contributed by atoms with Crippen LogP contribution in [0, 0.1) is 0 Å². The first-order chi connectivity index (χ1) is 10.7. The van der Waals surface area contributed by atoms with Crippen molar-refractivity contribution in [2.45, 2.75) is 38.3 Å². The smallest absolute Gasteiger partial charge is 0.410 e. The molecule has 0 atom stereocenters. The number of rotatable bonds is 5. The molecular weight excluding hydrogens is 280 g/mol. The lowest BCUT2D eigenvalue weighted by molar-refractivity contribution is 0.0316. The second-order valence-corrected chi connectivity index (χ2v) is 6.15. The largest absolute Gasteiger partial charge is 0.494 e. The van der Waals surface area contributed by atoms with Gasteiger partial charge in [0.2, 0.25) is 0 Å². The average Bonchev–Trinajstić information content (AvgIpc) is 2.82. The van der Waals surface area contributed by atoms with E-state index in [0.29, 0.717) is 13.1 Å². The highest BCUT2D eigenvalue weighted by Gasteiger charge is 2.45. The number of carbonyl (C=O) groups is 1. The van der Waals surface area contributed by atoms with Gasteiger partial charge in [-0.3, -0.25) is 4.90 Å². The number of nitrogens with one attached hydrogen (secondary N) is 1. The minimum atomic E-state index is -0.271. The van der Waals surface area contributed by atoms with Gasteiger partial charge in [0.05, 0.1) is 13.2 Å². The highest BCUT2D eigenvalue weighted by atomic mass is 16.6. The van der Waals surface area contributed by atoms with Gasteiger partial charge in [-0.1, -0.05) is 19.1 Å². The highest BCUT2D eigenvalue weighted by Crippen LogP contribution is 2.32. The molecule has 1 amide bonds. The van der Waals surface area contributed by atoms with Crippen molar-refractivity contribution < 1.29 is 14.3 Å². The standard InChI is InChI=1S/C17H24N2O3/c1-2-11-21-15-5-3-14(4-6-15)12-19-13-17(22-16(19)20)7-9-18-10-8-17/h3-6,18H,2,7-13H2,1H3. The Labute approximate surface area is 131 Å². The van der Waals surface area contributed by atoms with E-state index in [1.165, 1.54) is 0 Å². The van der Waals surface area contributed by atoms with Crippen LogP contribution in [-0.4, -0.2) is 42.8 Å². The Morgan fingerprint density at radius 3 is 2.68 bits per heavy atom. The number of ether oxygens (including phenoxy) is 2. The lowest BCUT2D eigenvalue weighted by atomic mass is 9.92. The third kappa shape index (κ3) is 3.35. The van der Waals surface area contributed by atoms with E-state index < -0.39 is 0 Å². The fourth-order valence-electron chi connectivity index (χ4n) is 3.09. The van der Waals surface area contributed by atoms with Gasteiger partial charge in [-0.25, -0.2) is 4.79 Å². The molecule has 0 aliphatic carbocycles.